The second-order valence-corrected chi connectivity index (χ2v) is 2.92. The molecule has 0 bridgehead atoms. The summed E-state index contributed by atoms with van der Waals surface area (Å²) in [6, 6.07) is 0. The average Bonchev–Trinajstić information content (AvgIpc) is 2.38. The third-order valence-electron chi connectivity index (χ3n) is 1.64. The Morgan fingerprint density at radius 1 is 1.67 bits per heavy atom. The lowest BCUT2D eigenvalue weighted by atomic mass is 10.1. The predicted octanol–water partition coefficient (Wildman–Crippen LogP) is 1.14. The Balaban J connectivity index is 2.42. The number of hydrogen-bond donors (Lipinski definition) is 0. The molecule has 0 amide bonds. The molecule has 1 aliphatic rings. The molecule has 1 unspecified atom stereocenters. The SMILES string of the molecule is CCC(=O)C1OC1(C)C. The Morgan fingerprint density at radius 3 is 2.22 bits per heavy atom. The third kappa shape index (κ3) is 1.13. The van der Waals surface area contributed by atoms with E-state index in [4.69, 9.17) is 4.74 Å². The number of carbonyl (C=O) groups excluding carboxylic acids is 1. The zero-order chi connectivity index (χ0) is 7.07. The van der Waals surface area contributed by atoms with Crippen LogP contribution in [0.25, 0.3) is 0 Å². The monoisotopic (exact) mass is 128 g/mol. The van der Waals surface area contributed by atoms with E-state index in [1.165, 1.54) is 0 Å². The topological polar surface area (TPSA) is 29.6 Å². The number of hydrogen-bond acceptors (Lipinski definition) is 2. The number of ether oxygens (including phenoxy) is 1. The Bertz CT molecular complexity index is 138. The van der Waals surface area contributed by atoms with Crippen molar-refractivity contribution in [1.82, 2.24) is 0 Å². The molecule has 0 aromatic heterocycles. The second-order valence-electron chi connectivity index (χ2n) is 2.92. The summed E-state index contributed by atoms with van der Waals surface area (Å²) in [5.41, 5.74) is -0.160. The number of rotatable bonds is 2. The van der Waals surface area contributed by atoms with E-state index in [-0.39, 0.29) is 17.5 Å². The first kappa shape index (κ1) is 6.75. The fourth-order valence-electron chi connectivity index (χ4n) is 0.909. The molecule has 1 saturated heterocycles. The number of ketones is 1. The van der Waals surface area contributed by atoms with Gasteiger partial charge >= 0.3 is 0 Å². The van der Waals surface area contributed by atoms with Crippen LogP contribution in [-0.4, -0.2) is 17.5 Å². The lowest BCUT2D eigenvalue weighted by Crippen LogP contribution is -2.12. The van der Waals surface area contributed by atoms with Gasteiger partial charge in [-0.15, -0.1) is 0 Å². The standard InChI is InChI=1S/C7H12O2/c1-4-5(8)6-7(2,3)9-6/h6H,4H2,1-3H3. The van der Waals surface area contributed by atoms with Crippen LogP contribution in [0.15, 0.2) is 0 Å². The summed E-state index contributed by atoms with van der Waals surface area (Å²) in [5.74, 6) is 0.222. The molecule has 2 nitrogen and oxygen atoms in total. The molecular formula is C7H12O2. The van der Waals surface area contributed by atoms with Crippen molar-refractivity contribution in [2.24, 2.45) is 0 Å². The first-order valence-corrected chi connectivity index (χ1v) is 3.28. The van der Waals surface area contributed by atoms with Gasteiger partial charge in [0.15, 0.2) is 5.78 Å². The summed E-state index contributed by atoms with van der Waals surface area (Å²) in [4.78, 5) is 10.9. The molecule has 0 aliphatic carbocycles. The molecule has 1 atom stereocenters. The van der Waals surface area contributed by atoms with Crippen LogP contribution in [0.4, 0.5) is 0 Å². The Kier molecular flexibility index (Phi) is 1.35. The van der Waals surface area contributed by atoms with E-state index in [1.54, 1.807) is 0 Å². The van der Waals surface area contributed by atoms with E-state index < -0.39 is 0 Å². The third-order valence-corrected chi connectivity index (χ3v) is 1.64. The molecule has 1 rings (SSSR count). The summed E-state index contributed by atoms with van der Waals surface area (Å²) >= 11 is 0. The Labute approximate surface area is 55.2 Å². The van der Waals surface area contributed by atoms with Crippen molar-refractivity contribution in [3.05, 3.63) is 0 Å². The van der Waals surface area contributed by atoms with Gasteiger partial charge in [0, 0.05) is 6.42 Å². The van der Waals surface area contributed by atoms with E-state index in [0.717, 1.165) is 0 Å². The maximum Gasteiger partial charge on any atom is 0.164 e. The fourth-order valence-corrected chi connectivity index (χ4v) is 0.909. The van der Waals surface area contributed by atoms with Crippen LogP contribution < -0.4 is 0 Å². The summed E-state index contributed by atoms with van der Waals surface area (Å²) in [5, 5.41) is 0. The van der Waals surface area contributed by atoms with Crippen LogP contribution in [0.2, 0.25) is 0 Å². The van der Waals surface area contributed by atoms with Gasteiger partial charge in [-0.05, 0) is 13.8 Å². The Morgan fingerprint density at radius 2 is 2.11 bits per heavy atom. The molecule has 0 spiro atoms. The second kappa shape index (κ2) is 1.81. The van der Waals surface area contributed by atoms with E-state index in [9.17, 15) is 4.79 Å². The molecule has 1 heterocycles. The maximum atomic E-state index is 10.9. The van der Waals surface area contributed by atoms with Gasteiger partial charge in [-0.25, -0.2) is 0 Å². The van der Waals surface area contributed by atoms with Gasteiger partial charge in [0.1, 0.15) is 6.10 Å². The van der Waals surface area contributed by atoms with Gasteiger partial charge in [-0.3, -0.25) is 4.79 Å². The lowest BCUT2D eigenvalue weighted by molar-refractivity contribution is -0.119. The molecule has 9 heavy (non-hydrogen) atoms. The van der Waals surface area contributed by atoms with Crippen molar-refractivity contribution < 1.29 is 9.53 Å². The summed E-state index contributed by atoms with van der Waals surface area (Å²) in [6.07, 6.45) is 0.483. The average molecular weight is 128 g/mol. The van der Waals surface area contributed by atoms with Gasteiger partial charge in [0.25, 0.3) is 0 Å². The number of epoxide rings is 1. The van der Waals surface area contributed by atoms with E-state index >= 15 is 0 Å². The van der Waals surface area contributed by atoms with Crippen molar-refractivity contribution >= 4 is 5.78 Å². The molecule has 1 aliphatic heterocycles. The smallest absolute Gasteiger partial charge is 0.164 e. The van der Waals surface area contributed by atoms with Crippen molar-refractivity contribution in [3.8, 4) is 0 Å². The van der Waals surface area contributed by atoms with E-state index in [2.05, 4.69) is 0 Å². The highest BCUT2D eigenvalue weighted by Gasteiger charge is 2.51. The molecule has 2 heteroatoms. The van der Waals surface area contributed by atoms with Crippen molar-refractivity contribution in [2.45, 2.75) is 38.9 Å². The zero-order valence-electron chi connectivity index (χ0n) is 6.10. The summed E-state index contributed by atoms with van der Waals surface area (Å²) in [7, 11) is 0. The number of carbonyl (C=O) groups is 1. The highest BCUT2D eigenvalue weighted by molar-refractivity contribution is 5.86. The minimum atomic E-state index is -0.160. The van der Waals surface area contributed by atoms with Gasteiger partial charge in [-0.1, -0.05) is 6.92 Å². The van der Waals surface area contributed by atoms with E-state index in [1.807, 2.05) is 20.8 Å². The van der Waals surface area contributed by atoms with Crippen molar-refractivity contribution in [1.29, 1.82) is 0 Å². The van der Waals surface area contributed by atoms with Crippen LogP contribution in [-0.2, 0) is 9.53 Å². The maximum absolute atomic E-state index is 10.9. The molecule has 0 N–H and O–H groups in total. The lowest BCUT2D eigenvalue weighted by Gasteiger charge is -1.90. The normalized spacial score (nSPS) is 29.9. The van der Waals surface area contributed by atoms with Crippen molar-refractivity contribution in [2.75, 3.05) is 0 Å². The molecule has 52 valence electrons. The number of Topliss-reactive ketones (excluding diaryl/α,β-unsaturated/α-hetero) is 1. The van der Waals surface area contributed by atoms with Gasteiger partial charge < -0.3 is 4.74 Å². The zero-order valence-corrected chi connectivity index (χ0v) is 6.10. The first-order valence-electron chi connectivity index (χ1n) is 3.28. The molecule has 0 aromatic rings. The van der Waals surface area contributed by atoms with Gasteiger partial charge in [0.2, 0.25) is 0 Å². The van der Waals surface area contributed by atoms with Crippen molar-refractivity contribution in [3.63, 3.8) is 0 Å². The van der Waals surface area contributed by atoms with E-state index in [0.29, 0.717) is 6.42 Å². The fraction of sp³-hybridized carbons (Fsp3) is 0.857. The van der Waals surface area contributed by atoms with Crippen LogP contribution >= 0.6 is 0 Å². The minimum absolute atomic E-state index is 0.109. The van der Waals surface area contributed by atoms with Crippen LogP contribution in [0.3, 0.4) is 0 Å². The molecule has 0 saturated carbocycles. The molecule has 1 fully saturated rings. The molecule has 0 radical (unpaired) electrons. The van der Waals surface area contributed by atoms with Crippen LogP contribution in [0.5, 0.6) is 0 Å². The minimum Gasteiger partial charge on any atom is -0.358 e. The Hall–Kier alpha value is -0.370. The quantitative estimate of drug-likeness (QED) is 0.522. The summed E-state index contributed by atoms with van der Waals surface area (Å²) < 4.78 is 5.11. The van der Waals surface area contributed by atoms with Crippen LogP contribution in [0.1, 0.15) is 27.2 Å². The van der Waals surface area contributed by atoms with Gasteiger partial charge in [0.05, 0.1) is 5.60 Å². The first-order chi connectivity index (χ1) is 4.08. The molecular weight excluding hydrogens is 116 g/mol. The highest BCUT2D eigenvalue weighted by Crippen LogP contribution is 2.36. The predicted molar refractivity (Wildman–Crippen MR) is 34.2 cm³/mol. The van der Waals surface area contributed by atoms with Gasteiger partial charge in [-0.2, -0.15) is 0 Å². The highest BCUT2D eigenvalue weighted by atomic mass is 16.6. The molecule has 0 aromatic carbocycles. The van der Waals surface area contributed by atoms with Crippen LogP contribution in [0, 0.1) is 0 Å². The largest absolute Gasteiger partial charge is 0.358 e. The summed E-state index contributed by atoms with van der Waals surface area (Å²) in [6.45, 7) is 5.73.